The van der Waals surface area contributed by atoms with E-state index in [1.165, 1.54) is 0 Å². The lowest BCUT2D eigenvalue weighted by molar-refractivity contribution is 0.609. The fraction of sp³-hybridized carbons (Fsp3) is 0.182. The minimum absolute atomic E-state index is 0.178. The number of aromatic nitrogens is 2. The van der Waals surface area contributed by atoms with Gasteiger partial charge in [0.25, 0.3) is 0 Å². The normalized spacial score (nSPS) is 11.6. The SMILES string of the molecule is Cc1cnn(-c2cccc(CS(=O)(=O)Cl)c2)c1. The first-order chi connectivity index (χ1) is 7.94. The fourth-order valence-electron chi connectivity index (χ4n) is 1.54. The van der Waals surface area contributed by atoms with Crippen molar-refractivity contribution in [2.45, 2.75) is 12.7 Å². The molecule has 0 amide bonds. The highest BCUT2D eigenvalue weighted by Gasteiger charge is 2.08. The maximum Gasteiger partial charge on any atom is 0.236 e. The van der Waals surface area contributed by atoms with Gasteiger partial charge < -0.3 is 0 Å². The van der Waals surface area contributed by atoms with E-state index in [9.17, 15) is 8.42 Å². The second kappa shape index (κ2) is 4.50. The van der Waals surface area contributed by atoms with E-state index in [4.69, 9.17) is 10.7 Å². The van der Waals surface area contributed by atoms with Crippen molar-refractivity contribution in [2.75, 3.05) is 0 Å². The van der Waals surface area contributed by atoms with Crippen LogP contribution in [0.4, 0.5) is 0 Å². The molecule has 4 nitrogen and oxygen atoms in total. The smallest absolute Gasteiger partial charge is 0.236 e. The summed E-state index contributed by atoms with van der Waals surface area (Å²) in [5.74, 6) is -0.178. The van der Waals surface area contributed by atoms with Crippen LogP contribution < -0.4 is 0 Å². The lowest BCUT2D eigenvalue weighted by Gasteiger charge is -2.03. The fourth-order valence-corrected chi connectivity index (χ4v) is 2.50. The van der Waals surface area contributed by atoms with Crippen LogP contribution in [0.25, 0.3) is 5.69 Å². The minimum atomic E-state index is -3.53. The number of rotatable bonds is 3. The summed E-state index contributed by atoms with van der Waals surface area (Å²) in [6.45, 7) is 1.94. The highest BCUT2D eigenvalue weighted by atomic mass is 35.7. The van der Waals surface area contributed by atoms with Crippen molar-refractivity contribution in [3.05, 3.63) is 47.8 Å². The molecule has 1 heterocycles. The molecule has 1 aromatic carbocycles. The van der Waals surface area contributed by atoms with Crippen molar-refractivity contribution >= 4 is 19.7 Å². The molecule has 0 saturated heterocycles. The predicted octanol–water partition coefficient (Wildman–Crippen LogP) is 2.25. The predicted molar refractivity (Wildman–Crippen MR) is 66.8 cm³/mol. The highest BCUT2D eigenvalue weighted by Crippen LogP contribution is 2.14. The minimum Gasteiger partial charge on any atom is -0.241 e. The molecular weight excluding hydrogens is 260 g/mol. The summed E-state index contributed by atoms with van der Waals surface area (Å²) in [7, 11) is 1.69. The van der Waals surface area contributed by atoms with Crippen LogP contribution in [0.3, 0.4) is 0 Å². The average molecular weight is 271 g/mol. The zero-order valence-electron chi connectivity index (χ0n) is 9.17. The first kappa shape index (κ1) is 12.1. The van der Waals surface area contributed by atoms with E-state index in [1.54, 1.807) is 29.1 Å². The zero-order valence-corrected chi connectivity index (χ0v) is 10.7. The van der Waals surface area contributed by atoms with Crippen LogP contribution in [0.2, 0.25) is 0 Å². The van der Waals surface area contributed by atoms with Crippen LogP contribution in [-0.4, -0.2) is 18.2 Å². The number of hydrogen-bond donors (Lipinski definition) is 0. The largest absolute Gasteiger partial charge is 0.241 e. The summed E-state index contributed by atoms with van der Waals surface area (Å²) >= 11 is 0. The van der Waals surface area contributed by atoms with Gasteiger partial charge in [-0.2, -0.15) is 5.10 Å². The van der Waals surface area contributed by atoms with E-state index in [0.717, 1.165) is 11.3 Å². The molecule has 0 fully saturated rings. The molecule has 0 radical (unpaired) electrons. The Labute approximate surface area is 104 Å². The molecule has 0 aliphatic carbocycles. The molecule has 0 N–H and O–H groups in total. The summed E-state index contributed by atoms with van der Waals surface area (Å²) < 4.78 is 23.7. The van der Waals surface area contributed by atoms with Gasteiger partial charge in [0.2, 0.25) is 9.05 Å². The standard InChI is InChI=1S/C11H11ClN2O2S/c1-9-6-13-14(7-9)11-4-2-3-10(5-11)8-17(12,15)16/h2-7H,8H2,1H3. The van der Waals surface area contributed by atoms with E-state index in [0.29, 0.717) is 5.56 Å². The van der Waals surface area contributed by atoms with Crippen molar-refractivity contribution in [1.82, 2.24) is 9.78 Å². The Hall–Kier alpha value is -1.33. The molecule has 6 heteroatoms. The molecule has 0 unspecified atom stereocenters. The molecule has 0 atom stereocenters. The van der Waals surface area contributed by atoms with Gasteiger partial charge in [0.1, 0.15) is 0 Å². The first-order valence-electron chi connectivity index (χ1n) is 4.97. The maximum absolute atomic E-state index is 11.0. The van der Waals surface area contributed by atoms with E-state index >= 15 is 0 Å². The van der Waals surface area contributed by atoms with Crippen LogP contribution in [0.15, 0.2) is 36.7 Å². The lowest BCUT2D eigenvalue weighted by Crippen LogP contribution is -1.98. The first-order valence-corrected chi connectivity index (χ1v) is 7.45. The molecule has 1 aromatic heterocycles. The van der Waals surface area contributed by atoms with Gasteiger partial charge in [-0.05, 0) is 30.2 Å². The quantitative estimate of drug-likeness (QED) is 0.804. The number of nitrogens with zero attached hydrogens (tertiary/aromatic N) is 2. The molecular formula is C11H11ClN2O2S. The number of hydrogen-bond acceptors (Lipinski definition) is 3. The van der Waals surface area contributed by atoms with E-state index < -0.39 is 9.05 Å². The van der Waals surface area contributed by atoms with Crippen molar-refractivity contribution in [3.63, 3.8) is 0 Å². The van der Waals surface area contributed by atoms with Gasteiger partial charge in [0.05, 0.1) is 17.6 Å². The molecule has 2 aromatic rings. The summed E-state index contributed by atoms with van der Waals surface area (Å²) in [6, 6.07) is 7.12. The lowest BCUT2D eigenvalue weighted by atomic mass is 10.2. The third-order valence-electron chi connectivity index (χ3n) is 2.23. The van der Waals surface area contributed by atoms with Gasteiger partial charge in [0, 0.05) is 16.9 Å². The zero-order chi connectivity index (χ0) is 12.5. The summed E-state index contributed by atoms with van der Waals surface area (Å²) in [5.41, 5.74) is 2.50. The molecule has 0 spiro atoms. The van der Waals surface area contributed by atoms with Crippen LogP contribution in [0.5, 0.6) is 0 Å². The van der Waals surface area contributed by atoms with Gasteiger partial charge in [0.15, 0.2) is 0 Å². The highest BCUT2D eigenvalue weighted by molar-refractivity contribution is 8.13. The third kappa shape index (κ3) is 3.31. The van der Waals surface area contributed by atoms with Crippen molar-refractivity contribution in [3.8, 4) is 5.69 Å². The van der Waals surface area contributed by atoms with Gasteiger partial charge >= 0.3 is 0 Å². The average Bonchev–Trinajstić information content (AvgIpc) is 2.63. The van der Waals surface area contributed by atoms with E-state index in [-0.39, 0.29) is 5.75 Å². The van der Waals surface area contributed by atoms with Gasteiger partial charge in [-0.15, -0.1) is 0 Å². The summed E-state index contributed by atoms with van der Waals surface area (Å²) in [6.07, 6.45) is 3.61. The number of aryl methyl sites for hydroxylation is 1. The Morgan fingerprint density at radius 3 is 2.76 bits per heavy atom. The third-order valence-corrected chi connectivity index (χ3v) is 3.23. The Kier molecular flexibility index (Phi) is 3.22. The van der Waals surface area contributed by atoms with Gasteiger partial charge in [-0.1, -0.05) is 12.1 Å². The molecule has 0 bridgehead atoms. The topological polar surface area (TPSA) is 52.0 Å². The van der Waals surface area contributed by atoms with Crippen molar-refractivity contribution in [2.24, 2.45) is 0 Å². The molecule has 90 valence electrons. The van der Waals surface area contributed by atoms with Crippen LogP contribution in [0.1, 0.15) is 11.1 Å². The molecule has 0 aliphatic heterocycles. The van der Waals surface area contributed by atoms with Gasteiger partial charge in [-0.3, -0.25) is 0 Å². The van der Waals surface area contributed by atoms with Gasteiger partial charge in [-0.25, -0.2) is 13.1 Å². The molecule has 0 saturated carbocycles. The Bertz CT molecular complexity index is 634. The molecule has 0 aliphatic rings. The Morgan fingerprint density at radius 1 is 1.41 bits per heavy atom. The van der Waals surface area contributed by atoms with Crippen LogP contribution >= 0.6 is 10.7 Å². The second-order valence-corrected chi connectivity index (χ2v) is 6.59. The van der Waals surface area contributed by atoms with Crippen molar-refractivity contribution in [1.29, 1.82) is 0 Å². The Balaban J connectivity index is 2.35. The number of benzene rings is 1. The monoisotopic (exact) mass is 270 g/mol. The Morgan fingerprint density at radius 2 is 2.18 bits per heavy atom. The van der Waals surface area contributed by atoms with E-state index in [2.05, 4.69) is 5.10 Å². The summed E-state index contributed by atoms with van der Waals surface area (Å²) in [5, 5.41) is 4.16. The molecule has 17 heavy (non-hydrogen) atoms. The van der Waals surface area contributed by atoms with Crippen LogP contribution in [-0.2, 0) is 14.8 Å². The maximum atomic E-state index is 11.0. The second-order valence-electron chi connectivity index (χ2n) is 3.82. The van der Waals surface area contributed by atoms with E-state index in [1.807, 2.05) is 19.2 Å². The van der Waals surface area contributed by atoms with Crippen LogP contribution in [0, 0.1) is 6.92 Å². The molecule has 2 rings (SSSR count). The number of halogens is 1. The summed E-state index contributed by atoms with van der Waals surface area (Å²) in [4.78, 5) is 0. The van der Waals surface area contributed by atoms with Crippen molar-refractivity contribution < 1.29 is 8.42 Å².